The second-order valence-electron chi connectivity index (χ2n) is 11.6. The molecule has 1 aliphatic heterocycles. The van der Waals surface area contributed by atoms with E-state index >= 15 is 0 Å². The molecule has 1 heterocycles. The molecule has 0 spiro atoms. The number of aliphatic hydroxyl groups excluding tert-OH is 2. The van der Waals surface area contributed by atoms with Crippen LogP contribution >= 0.6 is 23.5 Å². The summed E-state index contributed by atoms with van der Waals surface area (Å²) in [5, 5.41) is 21.4. The molecule has 8 nitrogen and oxygen atoms in total. The van der Waals surface area contributed by atoms with E-state index in [0.29, 0.717) is 59.6 Å². The Morgan fingerprint density at radius 2 is 1.36 bits per heavy atom. The molecule has 6 rings (SSSR count). The number of fused-ring (bicyclic) bond motifs is 2. The summed E-state index contributed by atoms with van der Waals surface area (Å²) in [4.78, 5) is 4.25. The van der Waals surface area contributed by atoms with E-state index in [2.05, 4.69) is 33.7 Å². The summed E-state index contributed by atoms with van der Waals surface area (Å²) in [5.74, 6) is 2.13. The smallest absolute Gasteiger partial charge is 0.295 e. The minimum absolute atomic E-state index is 0.0253. The van der Waals surface area contributed by atoms with Crippen molar-refractivity contribution in [2.75, 3.05) is 55.8 Å². The topological polar surface area (TPSA) is 114 Å². The van der Waals surface area contributed by atoms with Gasteiger partial charge in [0.1, 0.15) is 22.8 Å². The van der Waals surface area contributed by atoms with Crippen LogP contribution in [0.1, 0.15) is 0 Å². The molecular weight excluding hydrogens is 689 g/mol. The van der Waals surface area contributed by atoms with Crippen molar-refractivity contribution in [2.45, 2.75) is 14.7 Å². The highest BCUT2D eigenvalue weighted by Crippen LogP contribution is 2.43. The number of benzene rings is 5. The monoisotopic (exact) mass is 727 g/mol. The van der Waals surface area contributed by atoms with Crippen LogP contribution in [0.3, 0.4) is 0 Å². The Morgan fingerprint density at radius 1 is 0.680 bits per heavy atom. The first-order valence-corrected chi connectivity index (χ1v) is 19.7. The van der Waals surface area contributed by atoms with Crippen LogP contribution in [0.2, 0.25) is 0 Å². The van der Waals surface area contributed by atoms with Crippen LogP contribution in [0.25, 0.3) is 33.4 Å². The van der Waals surface area contributed by atoms with Gasteiger partial charge in [-0.25, -0.2) is 4.58 Å². The van der Waals surface area contributed by atoms with Gasteiger partial charge in [0.2, 0.25) is 5.36 Å². The Morgan fingerprint density at radius 3 is 2.04 bits per heavy atom. The quantitative estimate of drug-likeness (QED) is 0.0466. The summed E-state index contributed by atoms with van der Waals surface area (Å²) < 4.78 is 44.2. The lowest BCUT2D eigenvalue weighted by molar-refractivity contribution is 0.283. The van der Waals surface area contributed by atoms with Crippen molar-refractivity contribution in [1.82, 2.24) is 4.58 Å². The lowest BCUT2D eigenvalue weighted by Crippen LogP contribution is -2.34. The SMILES string of the molecule is O=S(=O)(O)c1ccccc1-c1c2ccc(=[N+](CCO)CCSc3ccccc3)cc-2oc2cc(N(CCO)CCSc3ccccc3)ccc12. The first-order valence-electron chi connectivity index (χ1n) is 16.3. The van der Waals surface area contributed by atoms with Gasteiger partial charge in [-0.15, -0.1) is 23.5 Å². The lowest BCUT2D eigenvalue weighted by atomic mass is 9.93. The van der Waals surface area contributed by atoms with Gasteiger partial charge in [0.05, 0.1) is 18.4 Å². The van der Waals surface area contributed by atoms with E-state index in [4.69, 9.17) is 4.42 Å². The van der Waals surface area contributed by atoms with Gasteiger partial charge in [0, 0.05) is 68.5 Å². The molecule has 0 bridgehead atoms. The third-order valence-corrected chi connectivity index (χ3v) is 11.2. The number of rotatable bonds is 15. The summed E-state index contributed by atoms with van der Waals surface area (Å²) in [6.45, 7) is 2.16. The summed E-state index contributed by atoms with van der Waals surface area (Å²) in [6, 6.07) is 38.3. The van der Waals surface area contributed by atoms with Crippen LogP contribution in [0.15, 0.2) is 140 Å². The molecule has 4 aromatic rings. The van der Waals surface area contributed by atoms with Crippen LogP contribution in [0.4, 0.5) is 5.69 Å². The Kier molecular flexibility index (Phi) is 12.0. The summed E-state index contributed by atoms with van der Waals surface area (Å²) in [7, 11) is -4.55. The molecule has 258 valence electrons. The maximum atomic E-state index is 12.6. The fourth-order valence-electron chi connectivity index (χ4n) is 6.01. The van der Waals surface area contributed by atoms with E-state index in [9.17, 15) is 23.2 Å². The lowest BCUT2D eigenvalue weighted by Gasteiger charge is -2.25. The predicted molar refractivity (Wildman–Crippen MR) is 204 cm³/mol. The molecule has 11 heteroatoms. The Labute approximate surface area is 300 Å². The molecule has 0 aromatic heterocycles. The highest BCUT2D eigenvalue weighted by Gasteiger charge is 2.24. The highest BCUT2D eigenvalue weighted by atomic mass is 32.2. The van der Waals surface area contributed by atoms with Gasteiger partial charge < -0.3 is 19.5 Å². The van der Waals surface area contributed by atoms with E-state index in [0.717, 1.165) is 22.6 Å². The molecule has 0 saturated heterocycles. The zero-order valence-electron chi connectivity index (χ0n) is 27.4. The number of nitrogens with zero attached hydrogens (tertiary/aromatic N) is 2. The summed E-state index contributed by atoms with van der Waals surface area (Å²) >= 11 is 3.48. The van der Waals surface area contributed by atoms with Crippen molar-refractivity contribution in [3.05, 3.63) is 127 Å². The molecular formula is C39H39N2O6S3+. The second-order valence-corrected chi connectivity index (χ2v) is 15.3. The van der Waals surface area contributed by atoms with Crippen molar-refractivity contribution < 1.29 is 27.6 Å². The predicted octanol–water partition coefficient (Wildman–Crippen LogP) is 6.60. The Balaban J connectivity index is 1.46. The van der Waals surface area contributed by atoms with Crippen LogP contribution in [-0.2, 0) is 10.1 Å². The summed E-state index contributed by atoms with van der Waals surface area (Å²) in [5.41, 5.74) is 3.04. The minimum atomic E-state index is -4.55. The van der Waals surface area contributed by atoms with Gasteiger partial charge in [0.15, 0.2) is 13.1 Å². The molecule has 0 fully saturated rings. The first-order chi connectivity index (χ1) is 24.4. The molecule has 4 aromatic carbocycles. The first kappa shape index (κ1) is 35.7. The van der Waals surface area contributed by atoms with Crippen molar-refractivity contribution in [1.29, 1.82) is 0 Å². The van der Waals surface area contributed by atoms with Crippen LogP contribution in [-0.4, -0.2) is 74.1 Å². The van der Waals surface area contributed by atoms with E-state index in [1.807, 2.05) is 72.8 Å². The fourth-order valence-corrected chi connectivity index (χ4v) is 8.50. The van der Waals surface area contributed by atoms with Crippen LogP contribution in [0.5, 0.6) is 0 Å². The standard InChI is InChI=1S/C39H38N2O6S3/c42-23-19-40(21-25-48-31-9-3-1-4-10-31)29-15-17-33-36(27-29)47-37-28-30(41(20-24-43)22-26-49-32-11-5-2-6-12-32)16-18-34(37)39(33)35-13-7-8-14-38(35)50(44,45)46/h1-18,27-28,42-43H,19-26H2/p+1. The highest BCUT2D eigenvalue weighted by molar-refractivity contribution is 7.99. The van der Waals surface area contributed by atoms with E-state index in [1.54, 1.807) is 41.7 Å². The average molecular weight is 728 g/mol. The maximum Gasteiger partial charge on any atom is 0.295 e. The third kappa shape index (κ3) is 8.60. The number of anilines is 1. The molecule has 0 unspecified atom stereocenters. The molecule has 1 aliphatic carbocycles. The fraction of sp³-hybridized carbons (Fsp3) is 0.205. The van der Waals surface area contributed by atoms with Crippen molar-refractivity contribution >= 4 is 50.3 Å². The van der Waals surface area contributed by atoms with E-state index in [-0.39, 0.29) is 18.1 Å². The molecule has 2 aliphatic rings. The van der Waals surface area contributed by atoms with Gasteiger partial charge in [0.25, 0.3) is 10.1 Å². The number of thioether (sulfide) groups is 2. The zero-order chi connectivity index (χ0) is 34.9. The molecule has 3 N–H and O–H groups in total. The maximum absolute atomic E-state index is 12.6. The summed E-state index contributed by atoms with van der Waals surface area (Å²) in [6.07, 6.45) is 0. The Hall–Kier alpha value is -4.10. The van der Waals surface area contributed by atoms with E-state index < -0.39 is 10.1 Å². The zero-order valence-corrected chi connectivity index (χ0v) is 29.8. The van der Waals surface area contributed by atoms with Gasteiger partial charge in [-0.2, -0.15) is 8.42 Å². The molecule has 0 atom stereocenters. The molecule has 0 radical (unpaired) electrons. The van der Waals surface area contributed by atoms with Crippen LogP contribution < -0.4 is 14.8 Å². The normalized spacial score (nSPS) is 12.4. The number of hydrogen-bond acceptors (Lipinski definition) is 8. The minimum Gasteiger partial charge on any atom is -0.456 e. The van der Waals surface area contributed by atoms with Crippen molar-refractivity contribution in [3.63, 3.8) is 0 Å². The molecule has 50 heavy (non-hydrogen) atoms. The number of hydrogen-bond donors (Lipinski definition) is 3. The Bertz CT molecular complexity index is 2190. The molecule has 0 amide bonds. The largest absolute Gasteiger partial charge is 0.456 e. The van der Waals surface area contributed by atoms with Gasteiger partial charge in [-0.05, 0) is 48.5 Å². The second kappa shape index (κ2) is 16.7. The van der Waals surface area contributed by atoms with Gasteiger partial charge in [-0.1, -0.05) is 54.6 Å². The van der Waals surface area contributed by atoms with Gasteiger partial charge in [-0.3, -0.25) is 4.55 Å². The van der Waals surface area contributed by atoms with Crippen molar-refractivity contribution in [3.8, 4) is 22.5 Å². The van der Waals surface area contributed by atoms with Crippen LogP contribution in [0, 0.1) is 0 Å². The van der Waals surface area contributed by atoms with E-state index in [1.165, 1.54) is 15.9 Å². The number of aliphatic hydroxyl groups is 2. The molecule has 0 saturated carbocycles. The van der Waals surface area contributed by atoms with Gasteiger partial charge >= 0.3 is 0 Å². The third-order valence-electron chi connectivity index (χ3n) is 8.34. The average Bonchev–Trinajstić information content (AvgIpc) is 3.13. The van der Waals surface area contributed by atoms with Crippen molar-refractivity contribution in [2.24, 2.45) is 0 Å².